The minimum atomic E-state index is -1.21. The van der Waals surface area contributed by atoms with Crippen LogP contribution in [0.1, 0.15) is 18.2 Å². The number of rotatable bonds is 3. The first-order valence-electron chi connectivity index (χ1n) is 4.13. The molecule has 1 amide bonds. The van der Waals surface area contributed by atoms with Crippen LogP contribution in [0.5, 0.6) is 0 Å². The summed E-state index contributed by atoms with van der Waals surface area (Å²) < 4.78 is 13.3. The van der Waals surface area contributed by atoms with Gasteiger partial charge in [-0.2, -0.15) is 0 Å². The van der Waals surface area contributed by atoms with Crippen LogP contribution in [0.3, 0.4) is 0 Å². The van der Waals surface area contributed by atoms with E-state index >= 15 is 0 Å². The highest BCUT2D eigenvalue weighted by atomic mass is 19.1. The number of carbonyl (C=O) groups is 1. The molecule has 1 aromatic rings. The number of amides is 1. The van der Waals surface area contributed by atoms with Crippen molar-refractivity contribution < 1.29 is 9.18 Å². The van der Waals surface area contributed by atoms with Gasteiger partial charge in [0.1, 0.15) is 6.17 Å². The third kappa shape index (κ3) is 2.86. The second kappa shape index (κ2) is 4.60. The van der Waals surface area contributed by atoms with E-state index in [-0.39, 0.29) is 12.3 Å². The normalized spacial score (nSPS) is 12.2. The number of nitrogens with one attached hydrogen (secondary N) is 1. The molecule has 2 nitrogen and oxygen atoms in total. The Morgan fingerprint density at radius 3 is 2.62 bits per heavy atom. The fraction of sp³-hybridized carbons (Fsp3) is 0.300. The molecule has 13 heavy (non-hydrogen) atoms. The molecule has 0 saturated heterocycles. The van der Waals surface area contributed by atoms with Gasteiger partial charge in [0.25, 0.3) is 0 Å². The molecular weight excluding hydrogens is 169 g/mol. The third-order valence-corrected chi connectivity index (χ3v) is 1.80. The van der Waals surface area contributed by atoms with Crippen molar-refractivity contribution in [2.75, 3.05) is 7.05 Å². The average Bonchev–Trinajstić information content (AvgIpc) is 2.19. The van der Waals surface area contributed by atoms with Gasteiger partial charge in [0, 0.05) is 7.05 Å². The summed E-state index contributed by atoms with van der Waals surface area (Å²) >= 11 is 0. The van der Waals surface area contributed by atoms with Crippen molar-refractivity contribution in [3.05, 3.63) is 35.9 Å². The first kappa shape index (κ1) is 9.71. The lowest BCUT2D eigenvalue weighted by Crippen LogP contribution is -2.19. The molecule has 1 N–H and O–H groups in total. The summed E-state index contributed by atoms with van der Waals surface area (Å²) in [5.41, 5.74) is 0.547. The number of hydrogen-bond donors (Lipinski definition) is 1. The Labute approximate surface area is 76.8 Å². The van der Waals surface area contributed by atoms with Gasteiger partial charge < -0.3 is 5.32 Å². The highest BCUT2D eigenvalue weighted by Gasteiger charge is 2.12. The Balaban J connectivity index is 2.59. The lowest BCUT2D eigenvalue weighted by Gasteiger charge is -2.06. The van der Waals surface area contributed by atoms with Crippen LogP contribution < -0.4 is 5.32 Å². The molecule has 3 heteroatoms. The highest BCUT2D eigenvalue weighted by Crippen LogP contribution is 2.19. The Bertz CT molecular complexity index is 274. The number of halogens is 1. The molecule has 1 unspecified atom stereocenters. The molecular formula is C10H12FNO. The Morgan fingerprint density at radius 1 is 1.46 bits per heavy atom. The first-order valence-corrected chi connectivity index (χ1v) is 4.13. The van der Waals surface area contributed by atoms with Gasteiger partial charge in [-0.05, 0) is 5.56 Å². The second-order valence-electron chi connectivity index (χ2n) is 2.76. The minimum absolute atomic E-state index is 0.111. The van der Waals surface area contributed by atoms with Crippen LogP contribution in [0.25, 0.3) is 0 Å². The lowest BCUT2D eigenvalue weighted by molar-refractivity contribution is -0.121. The maximum atomic E-state index is 13.3. The number of carbonyl (C=O) groups excluding carboxylic acids is 1. The molecule has 0 fully saturated rings. The van der Waals surface area contributed by atoms with Gasteiger partial charge in [0.15, 0.2) is 0 Å². The summed E-state index contributed by atoms with van der Waals surface area (Å²) in [6, 6.07) is 8.68. The zero-order chi connectivity index (χ0) is 9.68. The standard InChI is InChI=1S/C10H12FNO/c1-12-10(13)7-9(11)8-5-3-2-4-6-8/h2-6,9H,7H2,1H3,(H,12,13). The molecule has 0 spiro atoms. The summed E-state index contributed by atoms with van der Waals surface area (Å²) in [7, 11) is 1.50. The highest BCUT2D eigenvalue weighted by molar-refractivity contribution is 5.76. The Morgan fingerprint density at radius 2 is 2.08 bits per heavy atom. The quantitative estimate of drug-likeness (QED) is 0.757. The molecule has 0 heterocycles. The SMILES string of the molecule is CNC(=O)CC(F)c1ccccc1. The third-order valence-electron chi connectivity index (χ3n) is 1.80. The van der Waals surface area contributed by atoms with Crippen LogP contribution in [0.4, 0.5) is 4.39 Å². The predicted molar refractivity (Wildman–Crippen MR) is 49.0 cm³/mol. The van der Waals surface area contributed by atoms with E-state index in [0.29, 0.717) is 5.56 Å². The summed E-state index contributed by atoms with van der Waals surface area (Å²) in [5, 5.41) is 2.39. The maximum Gasteiger partial charge on any atom is 0.223 e. The lowest BCUT2D eigenvalue weighted by atomic mass is 10.1. The fourth-order valence-electron chi connectivity index (χ4n) is 1.04. The Hall–Kier alpha value is -1.38. The first-order chi connectivity index (χ1) is 6.24. The number of hydrogen-bond acceptors (Lipinski definition) is 1. The van der Waals surface area contributed by atoms with Crippen LogP contribution in [0.15, 0.2) is 30.3 Å². The molecule has 70 valence electrons. The zero-order valence-electron chi connectivity index (χ0n) is 7.46. The van der Waals surface area contributed by atoms with Crippen LogP contribution in [0.2, 0.25) is 0 Å². The monoisotopic (exact) mass is 181 g/mol. The molecule has 0 bridgehead atoms. The molecule has 0 aliphatic heterocycles. The fourth-order valence-corrected chi connectivity index (χ4v) is 1.04. The summed E-state index contributed by atoms with van der Waals surface area (Å²) in [6.45, 7) is 0. The van der Waals surface area contributed by atoms with E-state index in [1.165, 1.54) is 7.05 Å². The smallest absolute Gasteiger partial charge is 0.223 e. The molecule has 0 aliphatic rings. The Kier molecular flexibility index (Phi) is 3.43. The maximum absolute atomic E-state index is 13.3. The number of benzene rings is 1. The summed E-state index contributed by atoms with van der Waals surface area (Å²) in [4.78, 5) is 10.8. The van der Waals surface area contributed by atoms with E-state index in [1.807, 2.05) is 6.07 Å². The molecule has 0 radical (unpaired) electrons. The van der Waals surface area contributed by atoms with Crippen molar-refractivity contribution in [1.29, 1.82) is 0 Å². The predicted octanol–water partition coefficient (Wildman–Crippen LogP) is 1.83. The second-order valence-corrected chi connectivity index (χ2v) is 2.76. The van der Waals surface area contributed by atoms with Crippen molar-refractivity contribution in [2.24, 2.45) is 0 Å². The number of alkyl halides is 1. The van der Waals surface area contributed by atoms with Gasteiger partial charge in [-0.25, -0.2) is 4.39 Å². The van der Waals surface area contributed by atoms with E-state index in [2.05, 4.69) is 5.32 Å². The van der Waals surface area contributed by atoms with Crippen LogP contribution >= 0.6 is 0 Å². The van der Waals surface area contributed by atoms with E-state index in [9.17, 15) is 9.18 Å². The van der Waals surface area contributed by atoms with Gasteiger partial charge in [-0.15, -0.1) is 0 Å². The molecule has 1 rings (SSSR count). The van der Waals surface area contributed by atoms with Crippen molar-refractivity contribution in [3.8, 4) is 0 Å². The van der Waals surface area contributed by atoms with Crippen molar-refractivity contribution in [1.82, 2.24) is 5.32 Å². The molecule has 1 aromatic carbocycles. The van der Waals surface area contributed by atoms with E-state index in [4.69, 9.17) is 0 Å². The van der Waals surface area contributed by atoms with Gasteiger partial charge in [0.2, 0.25) is 5.91 Å². The zero-order valence-corrected chi connectivity index (χ0v) is 7.46. The average molecular weight is 181 g/mol. The molecule has 0 aliphatic carbocycles. The van der Waals surface area contributed by atoms with Gasteiger partial charge in [-0.1, -0.05) is 30.3 Å². The van der Waals surface area contributed by atoms with Crippen molar-refractivity contribution in [2.45, 2.75) is 12.6 Å². The molecule has 1 atom stereocenters. The molecule has 0 saturated carbocycles. The van der Waals surface area contributed by atoms with E-state index in [0.717, 1.165) is 0 Å². The van der Waals surface area contributed by atoms with Gasteiger partial charge in [-0.3, -0.25) is 4.79 Å². The van der Waals surface area contributed by atoms with Crippen LogP contribution in [0, 0.1) is 0 Å². The van der Waals surface area contributed by atoms with Crippen molar-refractivity contribution in [3.63, 3.8) is 0 Å². The van der Waals surface area contributed by atoms with E-state index < -0.39 is 6.17 Å². The van der Waals surface area contributed by atoms with Crippen LogP contribution in [-0.2, 0) is 4.79 Å². The summed E-state index contributed by atoms with van der Waals surface area (Å²) in [6.07, 6.45) is -1.32. The van der Waals surface area contributed by atoms with Gasteiger partial charge in [0.05, 0.1) is 6.42 Å². The minimum Gasteiger partial charge on any atom is -0.359 e. The van der Waals surface area contributed by atoms with Gasteiger partial charge >= 0.3 is 0 Å². The van der Waals surface area contributed by atoms with E-state index in [1.54, 1.807) is 24.3 Å². The molecule has 0 aromatic heterocycles. The topological polar surface area (TPSA) is 29.1 Å². The largest absolute Gasteiger partial charge is 0.359 e. The summed E-state index contributed by atoms with van der Waals surface area (Å²) in [5.74, 6) is -0.281. The van der Waals surface area contributed by atoms with Crippen molar-refractivity contribution >= 4 is 5.91 Å². The van der Waals surface area contributed by atoms with Crippen LogP contribution in [-0.4, -0.2) is 13.0 Å².